The van der Waals surface area contributed by atoms with Gasteiger partial charge in [-0.25, -0.2) is 0 Å². The fourth-order valence-electron chi connectivity index (χ4n) is 3.13. The van der Waals surface area contributed by atoms with Crippen LogP contribution < -0.4 is 0 Å². The van der Waals surface area contributed by atoms with Crippen LogP contribution in [-0.2, 0) is 0 Å². The van der Waals surface area contributed by atoms with E-state index in [4.69, 9.17) is 0 Å². The molecule has 0 atom stereocenters. The summed E-state index contributed by atoms with van der Waals surface area (Å²) in [6, 6.07) is 0.344. The standard InChI is InChI=1S/C15H22N2O2/c1-9-13(11(3)18)10(2)16-14(9)15(19)17(4)12-7-5-6-8-12/h12,16H,5-8H2,1-4H3. The van der Waals surface area contributed by atoms with Crippen molar-refractivity contribution >= 4 is 11.7 Å². The Hall–Kier alpha value is -1.58. The molecule has 1 aliphatic rings. The lowest BCUT2D eigenvalue weighted by molar-refractivity contribution is 0.0729. The SMILES string of the molecule is CC(=O)c1c(C)[nH]c(C(=O)N(C)C2CCCC2)c1C. The lowest BCUT2D eigenvalue weighted by atomic mass is 10.1. The molecule has 1 saturated carbocycles. The number of amides is 1. The van der Waals surface area contributed by atoms with E-state index < -0.39 is 0 Å². The van der Waals surface area contributed by atoms with Gasteiger partial charge in [0.2, 0.25) is 0 Å². The Balaban J connectivity index is 2.29. The third-order valence-corrected chi connectivity index (χ3v) is 4.20. The number of H-pyrrole nitrogens is 1. The summed E-state index contributed by atoms with van der Waals surface area (Å²) in [4.78, 5) is 29.0. The molecule has 1 heterocycles. The molecule has 0 bridgehead atoms. The van der Waals surface area contributed by atoms with Gasteiger partial charge >= 0.3 is 0 Å². The van der Waals surface area contributed by atoms with Crippen LogP contribution in [0.15, 0.2) is 0 Å². The summed E-state index contributed by atoms with van der Waals surface area (Å²) in [6.45, 7) is 5.23. The molecule has 1 aliphatic carbocycles. The summed E-state index contributed by atoms with van der Waals surface area (Å²) in [5.41, 5.74) is 2.79. The van der Waals surface area contributed by atoms with Crippen LogP contribution in [0.5, 0.6) is 0 Å². The quantitative estimate of drug-likeness (QED) is 0.852. The Bertz CT molecular complexity index is 510. The van der Waals surface area contributed by atoms with Crippen molar-refractivity contribution in [2.24, 2.45) is 0 Å². The maximum absolute atomic E-state index is 12.5. The van der Waals surface area contributed by atoms with Gasteiger partial charge in [0, 0.05) is 24.3 Å². The minimum absolute atomic E-state index is 0.000000000000000222. The van der Waals surface area contributed by atoms with Crippen molar-refractivity contribution in [3.05, 3.63) is 22.5 Å². The Kier molecular flexibility index (Phi) is 3.78. The van der Waals surface area contributed by atoms with E-state index in [0.717, 1.165) is 24.1 Å². The minimum atomic E-state index is 0.000000000000000222. The molecule has 0 saturated heterocycles. The topological polar surface area (TPSA) is 53.2 Å². The molecule has 104 valence electrons. The minimum Gasteiger partial charge on any atom is -0.354 e. The fourth-order valence-corrected chi connectivity index (χ4v) is 3.13. The number of nitrogens with zero attached hydrogens (tertiary/aromatic N) is 1. The smallest absolute Gasteiger partial charge is 0.270 e. The van der Waals surface area contributed by atoms with E-state index >= 15 is 0 Å². The highest BCUT2D eigenvalue weighted by atomic mass is 16.2. The molecular formula is C15H22N2O2. The number of aromatic amines is 1. The van der Waals surface area contributed by atoms with Crippen LogP contribution in [-0.4, -0.2) is 34.7 Å². The molecular weight excluding hydrogens is 240 g/mol. The summed E-state index contributed by atoms with van der Waals surface area (Å²) in [5.74, 6) is 0.00817. The van der Waals surface area contributed by atoms with Gasteiger partial charge in [0.05, 0.1) is 0 Å². The third kappa shape index (κ3) is 2.44. The average molecular weight is 262 g/mol. The second kappa shape index (κ2) is 5.19. The van der Waals surface area contributed by atoms with E-state index in [1.54, 1.807) is 0 Å². The zero-order valence-electron chi connectivity index (χ0n) is 12.2. The first kappa shape index (κ1) is 13.8. The van der Waals surface area contributed by atoms with Gasteiger partial charge in [-0.05, 0) is 39.2 Å². The van der Waals surface area contributed by atoms with Gasteiger partial charge in [0.1, 0.15) is 5.69 Å². The normalized spacial score (nSPS) is 15.8. The van der Waals surface area contributed by atoms with E-state index in [2.05, 4.69) is 4.98 Å². The molecule has 1 aromatic rings. The lowest BCUT2D eigenvalue weighted by Gasteiger charge is -2.24. The number of nitrogens with one attached hydrogen (secondary N) is 1. The van der Waals surface area contributed by atoms with E-state index in [1.165, 1.54) is 19.8 Å². The highest BCUT2D eigenvalue weighted by Crippen LogP contribution is 2.25. The maximum atomic E-state index is 12.5. The lowest BCUT2D eigenvalue weighted by Crippen LogP contribution is -2.35. The van der Waals surface area contributed by atoms with E-state index in [0.29, 0.717) is 17.3 Å². The van der Waals surface area contributed by atoms with Gasteiger partial charge < -0.3 is 9.88 Å². The Morgan fingerprint density at radius 1 is 1.21 bits per heavy atom. The van der Waals surface area contributed by atoms with Crippen LogP contribution in [0.1, 0.15) is 64.7 Å². The van der Waals surface area contributed by atoms with Crippen LogP contribution in [0.2, 0.25) is 0 Å². The Labute approximate surface area is 114 Å². The fraction of sp³-hybridized carbons (Fsp3) is 0.600. The molecule has 1 aromatic heterocycles. The second-order valence-corrected chi connectivity index (χ2v) is 5.54. The maximum Gasteiger partial charge on any atom is 0.270 e. The highest BCUT2D eigenvalue weighted by molar-refractivity contribution is 6.02. The largest absolute Gasteiger partial charge is 0.354 e. The average Bonchev–Trinajstić information content (AvgIpc) is 2.95. The first-order valence-electron chi connectivity index (χ1n) is 6.90. The van der Waals surface area contributed by atoms with Crippen molar-refractivity contribution in [2.75, 3.05) is 7.05 Å². The number of aromatic nitrogens is 1. The second-order valence-electron chi connectivity index (χ2n) is 5.54. The van der Waals surface area contributed by atoms with Gasteiger partial charge in [0.25, 0.3) is 5.91 Å². The summed E-state index contributed by atoms with van der Waals surface area (Å²) in [6.07, 6.45) is 4.56. The predicted molar refractivity (Wildman–Crippen MR) is 74.6 cm³/mol. The molecule has 19 heavy (non-hydrogen) atoms. The van der Waals surface area contributed by atoms with Crippen LogP contribution in [0, 0.1) is 13.8 Å². The van der Waals surface area contributed by atoms with Crippen molar-refractivity contribution in [2.45, 2.75) is 52.5 Å². The molecule has 0 aromatic carbocycles. The van der Waals surface area contributed by atoms with Gasteiger partial charge in [-0.3, -0.25) is 9.59 Å². The number of aryl methyl sites for hydroxylation is 1. The van der Waals surface area contributed by atoms with Crippen LogP contribution in [0.4, 0.5) is 0 Å². The highest BCUT2D eigenvalue weighted by Gasteiger charge is 2.27. The molecule has 1 N–H and O–H groups in total. The van der Waals surface area contributed by atoms with E-state index in [-0.39, 0.29) is 11.7 Å². The number of carbonyl (C=O) groups excluding carboxylic acids is 2. The molecule has 4 nitrogen and oxygen atoms in total. The molecule has 1 fully saturated rings. The predicted octanol–water partition coefficient (Wildman–Crippen LogP) is 2.85. The van der Waals surface area contributed by atoms with Crippen LogP contribution in [0.3, 0.4) is 0 Å². The molecule has 4 heteroatoms. The molecule has 1 amide bonds. The first-order chi connectivity index (χ1) is 8.93. The molecule has 0 spiro atoms. The summed E-state index contributed by atoms with van der Waals surface area (Å²) in [7, 11) is 1.86. The molecule has 0 aliphatic heterocycles. The Morgan fingerprint density at radius 2 is 1.79 bits per heavy atom. The first-order valence-corrected chi connectivity index (χ1v) is 6.90. The van der Waals surface area contributed by atoms with Crippen molar-refractivity contribution in [1.82, 2.24) is 9.88 Å². The van der Waals surface area contributed by atoms with Gasteiger partial charge in [-0.15, -0.1) is 0 Å². The third-order valence-electron chi connectivity index (χ3n) is 4.20. The zero-order valence-corrected chi connectivity index (χ0v) is 12.2. The summed E-state index contributed by atoms with van der Waals surface area (Å²) >= 11 is 0. The Morgan fingerprint density at radius 3 is 2.26 bits per heavy atom. The monoisotopic (exact) mass is 262 g/mol. The summed E-state index contributed by atoms with van der Waals surface area (Å²) < 4.78 is 0. The summed E-state index contributed by atoms with van der Waals surface area (Å²) in [5, 5.41) is 0. The number of hydrogen-bond donors (Lipinski definition) is 1. The number of Topliss-reactive ketones (excluding diaryl/α,β-unsaturated/α-hetero) is 1. The zero-order chi connectivity index (χ0) is 14.2. The van der Waals surface area contributed by atoms with Crippen molar-refractivity contribution in [3.63, 3.8) is 0 Å². The van der Waals surface area contributed by atoms with Gasteiger partial charge in [-0.1, -0.05) is 12.8 Å². The van der Waals surface area contributed by atoms with E-state index in [9.17, 15) is 9.59 Å². The van der Waals surface area contributed by atoms with Gasteiger partial charge in [0.15, 0.2) is 5.78 Å². The van der Waals surface area contributed by atoms with Crippen molar-refractivity contribution in [3.8, 4) is 0 Å². The van der Waals surface area contributed by atoms with Crippen molar-refractivity contribution in [1.29, 1.82) is 0 Å². The molecule has 0 radical (unpaired) electrons. The van der Waals surface area contributed by atoms with Gasteiger partial charge in [-0.2, -0.15) is 0 Å². The van der Waals surface area contributed by atoms with Crippen LogP contribution in [0.25, 0.3) is 0 Å². The number of ketones is 1. The van der Waals surface area contributed by atoms with E-state index in [1.807, 2.05) is 25.8 Å². The van der Waals surface area contributed by atoms with Crippen LogP contribution >= 0.6 is 0 Å². The number of carbonyl (C=O) groups is 2. The molecule has 2 rings (SSSR count). The van der Waals surface area contributed by atoms with Crippen molar-refractivity contribution < 1.29 is 9.59 Å². The number of hydrogen-bond acceptors (Lipinski definition) is 2. The molecule has 0 unspecified atom stereocenters. The number of rotatable bonds is 3.